The zero-order valence-electron chi connectivity index (χ0n) is 14.3. The van der Waals surface area contributed by atoms with Crippen LogP contribution in [0.25, 0.3) is 27.3 Å². The Labute approximate surface area is 172 Å². The molecule has 0 saturated carbocycles. The highest BCUT2D eigenvalue weighted by Gasteiger charge is 2.14. The van der Waals surface area contributed by atoms with Crippen LogP contribution in [0.3, 0.4) is 0 Å². The molecule has 5 rings (SSSR count). The molecule has 1 N–H and O–H groups in total. The van der Waals surface area contributed by atoms with E-state index in [0.29, 0.717) is 16.2 Å². The quantitative estimate of drug-likeness (QED) is 0.444. The summed E-state index contributed by atoms with van der Waals surface area (Å²) in [6.07, 6.45) is 2.19. The van der Waals surface area contributed by atoms with Gasteiger partial charge in [-0.15, -0.1) is 11.3 Å². The molecule has 3 aromatic heterocycles. The molecule has 138 valence electrons. The van der Waals surface area contributed by atoms with Crippen LogP contribution in [0.4, 0.5) is 5.69 Å². The minimum absolute atomic E-state index is 0.109. The van der Waals surface area contributed by atoms with Crippen molar-refractivity contribution in [1.82, 2.24) is 18.1 Å². The third kappa shape index (κ3) is 3.15. The number of rotatable bonds is 4. The van der Waals surface area contributed by atoms with Gasteiger partial charge in [0, 0.05) is 27.9 Å². The summed E-state index contributed by atoms with van der Waals surface area (Å²) in [6.45, 7) is 0. The predicted octanol–water partition coefficient (Wildman–Crippen LogP) is 4.90. The summed E-state index contributed by atoms with van der Waals surface area (Å²) >= 11 is 8.60. The van der Waals surface area contributed by atoms with Crippen LogP contribution in [-0.4, -0.2) is 24.0 Å². The summed E-state index contributed by atoms with van der Waals surface area (Å²) in [5.74, 6) is -0.109. The highest BCUT2D eigenvalue weighted by atomic mass is 35.5. The lowest BCUT2D eigenvalue weighted by molar-refractivity contribution is -0.115. The molecule has 0 radical (unpaired) electrons. The van der Waals surface area contributed by atoms with Crippen molar-refractivity contribution in [1.29, 1.82) is 0 Å². The number of hydrogen-bond donors (Lipinski definition) is 1. The van der Waals surface area contributed by atoms with Gasteiger partial charge in [0.25, 0.3) is 0 Å². The summed E-state index contributed by atoms with van der Waals surface area (Å²) in [6, 6.07) is 13.1. The SMILES string of the molecule is O=C(Cc1csc2nc(-c3ccc(Cl)cc3)cn12)Nc1cccc2nsnc12. The zero-order valence-corrected chi connectivity index (χ0v) is 16.7. The Bertz CT molecular complexity index is 1310. The maximum Gasteiger partial charge on any atom is 0.230 e. The zero-order chi connectivity index (χ0) is 19.1. The van der Waals surface area contributed by atoms with Crippen molar-refractivity contribution >= 4 is 62.3 Å². The molecule has 6 nitrogen and oxygen atoms in total. The molecule has 0 bridgehead atoms. The van der Waals surface area contributed by atoms with Gasteiger partial charge in [-0.05, 0) is 24.3 Å². The molecule has 0 aliphatic heterocycles. The number of carbonyl (C=O) groups is 1. The van der Waals surface area contributed by atoms with Crippen LogP contribution in [0.2, 0.25) is 5.02 Å². The number of anilines is 1. The summed E-state index contributed by atoms with van der Waals surface area (Å²) in [4.78, 5) is 18.1. The Morgan fingerprint density at radius 1 is 1.14 bits per heavy atom. The van der Waals surface area contributed by atoms with Crippen LogP contribution in [0.15, 0.2) is 54.0 Å². The minimum atomic E-state index is -0.109. The average molecular weight is 426 g/mol. The van der Waals surface area contributed by atoms with Gasteiger partial charge < -0.3 is 5.32 Å². The fraction of sp³-hybridized carbons (Fsp3) is 0.0526. The van der Waals surface area contributed by atoms with E-state index in [2.05, 4.69) is 19.0 Å². The highest BCUT2D eigenvalue weighted by Crippen LogP contribution is 2.26. The summed E-state index contributed by atoms with van der Waals surface area (Å²) < 4.78 is 10.4. The van der Waals surface area contributed by atoms with Crippen LogP contribution in [-0.2, 0) is 11.2 Å². The van der Waals surface area contributed by atoms with Gasteiger partial charge in [0.15, 0.2) is 4.96 Å². The molecule has 5 aromatic rings. The molecular formula is C19H12ClN5OS2. The molecule has 0 aliphatic rings. The number of fused-ring (bicyclic) bond motifs is 2. The van der Waals surface area contributed by atoms with Crippen LogP contribution < -0.4 is 5.32 Å². The highest BCUT2D eigenvalue weighted by molar-refractivity contribution is 7.15. The van der Waals surface area contributed by atoms with Gasteiger partial charge in [-0.2, -0.15) is 8.75 Å². The number of benzene rings is 2. The molecule has 0 saturated heterocycles. The number of imidazole rings is 1. The van der Waals surface area contributed by atoms with Crippen LogP contribution >= 0.6 is 34.7 Å². The van der Waals surface area contributed by atoms with Crippen molar-refractivity contribution in [2.45, 2.75) is 6.42 Å². The van der Waals surface area contributed by atoms with Crippen molar-refractivity contribution in [3.8, 4) is 11.3 Å². The minimum Gasteiger partial charge on any atom is -0.324 e. The smallest absolute Gasteiger partial charge is 0.230 e. The lowest BCUT2D eigenvalue weighted by Gasteiger charge is -2.05. The van der Waals surface area contributed by atoms with Crippen LogP contribution in [0, 0.1) is 0 Å². The topological polar surface area (TPSA) is 72.2 Å². The Morgan fingerprint density at radius 2 is 2.00 bits per heavy atom. The molecule has 2 aromatic carbocycles. The lowest BCUT2D eigenvalue weighted by Crippen LogP contribution is -2.15. The van der Waals surface area contributed by atoms with Gasteiger partial charge in [0.2, 0.25) is 5.91 Å². The summed E-state index contributed by atoms with van der Waals surface area (Å²) in [7, 11) is 0. The first-order valence-electron chi connectivity index (χ1n) is 8.40. The van der Waals surface area contributed by atoms with Crippen molar-refractivity contribution in [3.05, 3.63) is 64.8 Å². The predicted molar refractivity (Wildman–Crippen MR) is 113 cm³/mol. The molecule has 9 heteroatoms. The Balaban J connectivity index is 1.39. The maximum atomic E-state index is 12.6. The maximum absolute atomic E-state index is 12.6. The van der Waals surface area contributed by atoms with Gasteiger partial charge >= 0.3 is 0 Å². The van der Waals surface area contributed by atoms with Gasteiger partial charge in [0.1, 0.15) is 11.0 Å². The fourth-order valence-corrected chi connectivity index (χ4v) is 4.53. The molecular weight excluding hydrogens is 414 g/mol. The van der Waals surface area contributed by atoms with Crippen LogP contribution in [0.1, 0.15) is 5.69 Å². The van der Waals surface area contributed by atoms with Crippen LogP contribution in [0.5, 0.6) is 0 Å². The van der Waals surface area contributed by atoms with E-state index in [-0.39, 0.29) is 12.3 Å². The molecule has 1 amide bonds. The number of amides is 1. The number of thiazole rings is 1. The van der Waals surface area contributed by atoms with Gasteiger partial charge in [-0.3, -0.25) is 9.20 Å². The third-order valence-corrected chi connectivity index (χ3v) is 6.01. The van der Waals surface area contributed by atoms with E-state index in [1.165, 1.54) is 11.3 Å². The number of nitrogens with zero attached hydrogens (tertiary/aromatic N) is 4. The lowest BCUT2D eigenvalue weighted by atomic mass is 10.2. The van der Waals surface area contributed by atoms with E-state index in [1.54, 1.807) is 0 Å². The second-order valence-electron chi connectivity index (χ2n) is 6.18. The normalized spacial score (nSPS) is 11.3. The second-order valence-corrected chi connectivity index (χ2v) is 7.98. The first-order chi connectivity index (χ1) is 13.7. The summed E-state index contributed by atoms with van der Waals surface area (Å²) in [5, 5.41) is 5.58. The summed E-state index contributed by atoms with van der Waals surface area (Å²) in [5.41, 5.74) is 4.89. The first kappa shape index (κ1) is 17.3. The first-order valence-corrected chi connectivity index (χ1v) is 10.4. The average Bonchev–Trinajstić information content (AvgIpc) is 3.40. The molecule has 0 atom stereocenters. The Hall–Kier alpha value is -2.81. The number of hydrogen-bond acceptors (Lipinski definition) is 6. The molecule has 3 heterocycles. The Kier molecular flexibility index (Phi) is 4.31. The van der Waals surface area contributed by atoms with E-state index in [4.69, 9.17) is 11.6 Å². The Morgan fingerprint density at radius 3 is 2.86 bits per heavy atom. The van der Waals surface area contributed by atoms with Crippen molar-refractivity contribution in [2.75, 3.05) is 5.32 Å². The van der Waals surface area contributed by atoms with E-state index in [0.717, 1.165) is 39.2 Å². The van der Waals surface area contributed by atoms with E-state index < -0.39 is 0 Å². The number of nitrogens with one attached hydrogen (secondary N) is 1. The molecule has 0 fully saturated rings. The van der Waals surface area contributed by atoms with Crippen molar-refractivity contribution in [2.24, 2.45) is 0 Å². The van der Waals surface area contributed by atoms with Crippen molar-refractivity contribution in [3.63, 3.8) is 0 Å². The molecule has 0 aliphatic carbocycles. The number of halogens is 1. The van der Waals surface area contributed by atoms with Crippen molar-refractivity contribution < 1.29 is 4.79 Å². The van der Waals surface area contributed by atoms with Gasteiger partial charge in [-0.1, -0.05) is 29.8 Å². The largest absolute Gasteiger partial charge is 0.324 e. The number of aromatic nitrogens is 4. The third-order valence-electron chi connectivity index (χ3n) is 4.33. The monoisotopic (exact) mass is 425 g/mol. The second kappa shape index (κ2) is 6.97. The standard InChI is InChI=1S/C19H12ClN5OS2/c20-12-6-4-11(5-7-12)16-9-25-13(10-27-19(25)22-16)8-17(26)21-14-2-1-3-15-18(14)24-28-23-15/h1-7,9-10H,8H2,(H,21,26). The fourth-order valence-electron chi connectivity index (χ4n) is 2.98. The number of carbonyl (C=O) groups excluding carboxylic acids is 1. The molecule has 0 unspecified atom stereocenters. The van der Waals surface area contributed by atoms with Gasteiger partial charge in [0.05, 0.1) is 29.5 Å². The van der Waals surface area contributed by atoms with E-state index in [9.17, 15) is 4.79 Å². The van der Waals surface area contributed by atoms with E-state index >= 15 is 0 Å². The molecule has 28 heavy (non-hydrogen) atoms. The van der Waals surface area contributed by atoms with Gasteiger partial charge in [-0.25, -0.2) is 4.98 Å². The van der Waals surface area contributed by atoms with E-state index in [1.807, 2.05) is 58.4 Å². The molecule has 0 spiro atoms.